The van der Waals surface area contributed by atoms with Crippen LogP contribution >= 0.6 is 7.82 Å². The zero-order valence-electron chi connectivity index (χ0n) is 3.11. The second-order valence-corrected chi connectivity index (χ2v) is 1.54. The first-order valence-electron chi connectivity index (χ1n) is 0.783. The van der Waals surface area contributed by atoms with Gasteiger partial charge in [0, 0.05) is 42.8 Å². The van der Waals surface area contributed by atoms with Gasteiger partial charge < -0.3 is 14.7 Å². The van der Waals surface area contributed by atoms with Crippen LogP contribution in [0.5, 0.6) is 0 Å². The molecule has 0 aliphatic carbocycles. The SMILES string of the molecule is O=P(O)(O)O.[Ti].[W]. The largest absolute Gasteiger partial charge is 0.466 e. The minimum atomic E-state index is -4.64. The first kappa shape index (κ1) is 15.8. The van der Waals surface area contributed by atoms with E-state index < -0.39 is 7.82 Å². The van der Waals surface area contributed by atoms with E-state index in [2.05, 4.69) is 0 Å². The first-order chi connectivity index (χ1) is 2.00. The molecule has 0 bridgehead atoms. The molecular formula is H3O4PTiW. The third kappa shape index (κ3) is 99.8. The van der Waals surface area contributed by atoms with Gasteiger partial charge in [-0.1, -0.05) is 0 Å². The topological polar surface area (TPSA) is 77.8 Å². The van der Waals surface area contributed by atoms with E-state index in [1.807, 2.05) is 0 Å². The Morgan fingerprint density at radius 1 is 1.14 bits per heavy atom. The van der Waals surface area contributed by atoms with Crippen LogP contribution < -0.4 is 0 Å². The molecule has 0 aromatic rings. The normalized spacial score (nSPS) is 8.43. The van der Waals surface area contributed by atoms with E-state index in [-0.39, 0.29) is 42.8 Å². The number of phosphoric acid groups is 1. The van der Waals surface area contributed by atoms with Crippen LogP contribution in [0.15, 0.2) is 0 Å². The van der Waals surface area contributed by atoms with Gasteiger partial charge in [-0.05, 0) is 0 Å². The van der Waals surface area contributed by atoms with Gasteiger partial charge in [0.1, 0.15) is 0 Å². The molecule has 0 spiro atoms. The molecule has 3 N–H and O–H groups in total. The summed E-state index contributed by atoms with van der Waals surface area (Å²) in [4.78, 5) is 21.6. The molecule has 4 nitrogen and oxygen atoms in total. The Morgan fingerprint density at radius 2 is 1.14 bits per heavy atom. The van der Waals surface area contributed by atoms with Crippen molar-refractivity contribution >= 4 is 7.82 Å². The van der Waals surface area contributed by atoms with E-state index in [1.165, 1.54) is 0 Å². The fourth-order valence-electron chi connectivity index (χ4n) is 0. The summed E-state index contributed by atoms with van der Waals surface area (Å²) in [6, 6.07) is 0. The Hall–Kier alpha value is 1.51. The molecule has 0 saturated heterocycles. The number of hydrogen-bond donors (Lipinski definition) is 3. The average molecular weight is 330 g/mol. The molecule has 0 heterocycles. The van der Waals surface area contributed by atoms with Crippen molar-refractivity contribution in [3.05, 3.63) is 0 Å². The summed E-state index contributed by atoms with van der Waals surface area (Å²) in [7, 11) is -4.64. The van der Waals surface area contributed by atoms with E-state index in [9.17, 15) is 0 Å². The Balaban J connectivity index is -0.0000000800. The van der Waals surface area contributed by atoms with Crippen molar-refractivity contribution in [2.24, 2.45) is 0 Å². The van der Waals surface area contributed by atoms with E-state index in [4.69, 9.17) is 19.2 Å². The summed E-state index contributed by atoms with van der Waals surface area (Å²) in [5.74, 6) is 0. The zero-order valence-corrected chi connectivity index (χ0v) is 8.49. The molecule has 7 heavy (non-hydrogen) atoms. The fraction of sp³-hybridized carbons (Fsp3) is 0. The van der Waals surface area contributed by atoms with Gasteiger partial charge in [-0.15, -0.1) is 0 Å². The molecule has 0 amide bonds. The molecule has 0 saturated carbocycles. The summed E-state index contributed by atoms with van der Waals surface area (Å²) >= 11 is 0. The Bertz CT molecular complexity index is 57.8. The Kier molecular flexibility index (Phi) is 12.8. The van der Waals surface area contributed by atoms with Crippen LogP contribution in [0.1, 0.15) is 0 Å². The van der Waals surface area contributed by atoms with Crippen molar-refractivity contribution in [3.8, 4) is 0 Å². The molecule has 0 aliphatic rings. The fourth-order valence-corrected chi connectivity index (χ4v) is 0. The van der Waals surface area contributed by atoms with Gasteiger partial charge in [-0.2, -0.15) is 0 Å². The molecule has 0 unspecified atom stereocenters. The monoisotopic (exact) mass is 330 g/mol. The van der Waals surface area contributed by atoms with E-state index >= 15 is 0 Å². The maximum absolute atomic E-state index is 8.88. The van der Waals surface area contributed by atoms with Crippen LogP contribution in [0.2, 0.25) is 0 Å². The molecule has 0 aliphatic heterocycles. The maximum Gasteiger partial charge on any atom is 0.466 e. The van der Waals surface area contributed by atoms with Crippen molar-refractivity contribution in [2.45, 2.75) is 0 Å². The van der Waals surface area contributed by atoms with E-state index in [1.54, 1.807) is 0 Å². The third-order valence-corrected chi connectivity index (χ3v) is 0. The zero-order chi connectivity index (χ0) is 4.50. The second-order valence-electron chi connectivity index (χ2n) is 0.513. The molecular weight excluding hydrogens is 327 g/mol. The predicted molar refractivity (Wildman–Crippen MR) is 14.3 cm³/mol. The molecule has 0 aromatic carbocycles. The minimum Gasteiger partial charge on any atom is -0.303 e. The summed E-state index contributed by atoms with van der Waals surface area (Å²) in [6.07, 6.45) is 0. The average Bonchev–Trinajstić information content (AvgIpc) is 0.722. The van der Waals surface area contributed by atoms with E-state index in [0.29, 0.717) is 0 Å². The molecule has 0 fully saturated rings. The van der Waals surface area contributed by atoms with Gasteiger partial charge in [0.15, 0.2) is 0 Å². The standard InChI is InChI=1S/H3O4P.Ti.W/c1-5(2,3)4;;/h(H3,1,2,3,4);;. The van der Waals surface area contributed by atoms with Crippen LogP contribution in [0.3, 0.4) is 0 Å². The minimum absolute atomic E-state index is 0. The van der Waals surface area contributed by atoms with E-state index in [0.717, 1.165) is 0 Å². The van der Waals surface area contributed by atoms with Crippen LogP contribution in [0.25, 0.3) is 0 Å². The number of rotatable bonds is 0. The molecule has 7 heteroatoms. The first-order valence-corrected chi connectivity index (χ1v) is 2.35. The smallest absolute Gasteiger partial charge is 0.303 e. The van der Waals surface area contributed by atoms with Gasteiger partial charge in [0.05, 0.1) is 0 Å². The Labute approximate surface area is 69.7 Å². The van der Waals surface area contributed by atoms with Crippen LogP contribution in [-0.2, 0) is 47.3 Å². The maximum atomic E-state index is 8.88. The molecule has 0 rings (SSSR count). The van der Waals surface area contributed by atoms with Gasteiger partial charge >= 0.3 is 7.82 Å². The van der Waals surface area contributed by atoms with Crippen LogP contribution in [0, 0.1) is 0 Å². The predicted octanol–water partition coefficient (Wildman–Crippen LogP) is -0.934. The van der Waals surface area contributed by atoms with Gasteiger partial charge in [0.25, 0.3) is 0 Å². The molecule has 0 atom stereocenters. The van der Waals surface area contributed by atoms with Crippen molar-refractivity contribution in [1.82, 2.24) is 0 Å². The van der Waals surface area contributed by atoms with Crippen molar-refractivity contribution in [2.75, 3.05) is 0 Å². The second kappa shape index (κ2) is 5.65. The van der Waals surface area contributed by atoms with Gasteiger partial charge in [-0.25, -0.2) is 4.57 Å². The summed E-state index contributed by atoms with van der Waals surface area (Å²) < 4.78 is 8.88. The van der Waals surface area contributed by atoms with Crippen LogP contribution in [-0.4, -0.2) is 14.7 Å². The quantitative estimate of drug-likeness (QED) is 0.396. The van der Waals surface area contributed by atoms with Gasteiger partial charge in [-0.3, -0.25) is 0 Å². The summed E-state index contributed by atoms with van der Waals surface area (Å²) in [5, 5.41) is 0. The van der Waals surface area contributed by atoms with Gasteiger partial charge in [0.2, 0.25) is 0 Å². The van der Waals surface area contributed by atoms with Crippen molar-refractivity contribution < 1.29 is 62.0 Å². The number of hydrogen-bond acceptors (Lipinski definition) is 1. The molecule has 0 radical (unpaired) electrons. The van der Waals surface area contributed by atoms with Crippen LogP contribution in [0.4, 0.5) is 0 Å². The molecule has 0 aromatic heterocycles. The third-order valence-electron chi connectivity index (χ3n) is 0. The van der Waals surface area contributed by atoms with Crippen molar-refractivity contribution in [1.29, 1.82) is 0 Å². The summed E-state index contributed by atoms with van der Waals surface area (Å²) in [6.45, 7) is 0. The Morgan fingerprint density at radius 3 is 1.14 bits per heavy atom. The summed E-state index contributed by atoms with van der Waals surface area (Å²) in [5.41, 5.74) is 0. The van der Waals surface area contributed by atoms with Crippen molar-refractivity contribution in [3.63, 3.8) is 0 Å². The molecule has 42 valence electrons.